The zero-order chi connectivity index (χ0) is 23.4. The first-order valence-electron chi connectivity index (χ1n) is 10.7. The van der Waals surface area contributed by atoms with E-state index in [1.807, 2.05) is 18.2 Å². The van der Waals surface area contributed by atoms with Crippen molar-refractivity contribution in [3.05, 3.63) is 66.0 Å². The fourth-order valence-corrected chi connectivity index (χ4v) is 3.80. The Labute approximate surface area is 191 Å². The molecule has 0 spiro atoms. The van der Waals surface area contributed by atoms with Gasteiger partial charge in [0, 0.05) is 37.4 Å². The van der Waals surface area contributed by atoms with E-state index in [1.54, 1.807) is 35.2 Å². The average Bonchev–Trinajstić information content (AvgIpc) is 2.86. The van der Waals surface area contributed by atoms with E-state index >= 15 is 0 Å². The van der Waals surface area contributed by atoms with E-state index in [4.69, 9.17) is 0 Å². The molecule has 33 heavy (non-hydrogen) atoms. The van der Waals surface area contributed by atoms with Crippen LogP contribution in [0.5, 0.6) is 0 Å². The molecule has 2 N–H and O–H groups in total. The van der Waals surface area contributed by atoms with Gasteiger partial charge in [0.2, 0.25) is 5.91 Å². The Balaban J connectivity index is 1.36. The SMILES string of the molecule is CC(=O)c1ccc(N2CCN(C(=O)C(CO)NC(=O)c3cnc4ccccc4n3)CC2)cc1. The number of aromatic nitrogens is 2. The fourth-order valence-electron chi connectivity index (χ4n) is 3.80. The minimum absolute atomic E-state index is 0.0173. The highest BCUT2D eigenvalue weighted by molar-refractivity contribution is 5.97. The van der Waals surface area contributed by atoms with Gasteiger partial charge in [0.15, 0.2) is 5.78 Å². The summed E-state index contributed by atoms with van der Waals surface area (Å²) in [6, 6.07) is 13.5. The molecule has 1 saturated heterocycles. The zero-order valence-corrected chi connectivity index (χ0v) is 18.3. The molecule has 1 fully saturated rings. The summed E-state index contributed by atoms with van der Waals surface area (Å²) in [5.74, 6) is -0.889. The van der Waals surface area contributed by atoms with E-state index in [2.05, 4.69) is 20.2 Å². The zero-order valence-electron chi connectivity index (χ0n) is 18.3. The molecule has 4 rings (SSSR count). The van der Waals surface area contributed by atoms with Gasteiger partial charge in [0.1, 0.15) is 11.7 Å². The minimum Gasteiger partial charge on any atom is -0.394 e. The van der Waals surface area contributed by atoms with Crippen molar-refractivity contribution >= 4 is 34.3 Å². The Hall–Kier alpha value is -3.85. The lowest BCUT2D eigenvalue weighted by Gasteiger charge is -2.37. The molecule has 1 aromatic heterocycles. The average molecular weight is 447 g/mol. The number of rotatable bonds is 6. The molecule has 3 aromatic rings. The monoisotopic (exact) mass is 447 g/mol. The molecule has 2 amide bonds. The number of para-hydroxylation sites is 2. The molecule has 0 radical (unpaired) electrons. The molecule has 0 aliphatic carbocycles. The van der Waals surface area contributed by atoms with Gasteiger partial charge in [-0.05, 0) is 43.3 Å². The third-order valence-electron chi connectivity index (χ3n) is 5.70. The molecule has 9 heteroatoms. The number of amides is 2. The Bertz CT molecular complexity index is 1170. The van der Waals surface area contributed by atoms with Crippen LogP contribution in [0.4, 0.5) is 5.69 Å². The molecular formula is C24H25N5O4. The molecule has 0 saturated carbocycles. The van der Waals surface area contributed by atoms with Crippen LogP contribution in [0.3, 0.4) is 0 Å². The number of hydrogen-bond acceptors (Lipinski definition) is 7. The highest BCUT2D eigenvalue weighted by atomic mass is 16.3. The summed E-state index contributed by atoms with van der Waals surface area (Å²) in [4.78, 5) is 49.3. The molecule has 1 atom stereocenters. The number of benzene rings is 2. The molecule has 1 aliphatic heterocycles. The van der Waals surface area contributed by atoms with Gasteiger partial charge in [0.05, 0.1) is 23.8 Å². The van der Waals surface area contributed by atoms with Gasteiger partial charge in [0.25, 0.3) is 5.91 Å². The van der Waals surface area contributed by atoms with Crippen molar-refractivity contribution in [1.29, 1.82) is 0 Å². The second-order valence-electron chi connectivity index (χ2n) is 7.87. The lowest BCUT2D eigenvalue weighted by atomic mass is 10.1. The van der Waals surface area contributed by atoms with Crippen molar-refractivity contribution in [2.45, 2.75) is 13.0 Å². The van der Waals surface area contributed by atoms with Gasteiger partial charge in [-0.1, -0.05) is 12.1 Å². The predicted molar refractivity (Wildman–Crippen MR) is 123 cm³/mol. The number of carbonyl (C=O) groups is 3. The highest BCUT2D eigenvalue weighted by Crippen LogP contribution is 2.18. The number of nitrogens with one attached hydrogen (secondary N) is 1. The van der Waals surface area contributed by atoms with Crippen molar-refractivity contribution in [3.63, 3.8) is 0 Å². The van der Waals surface area contributed by atoms with Crippen LogP contribution < -0.4 is 10.2 Å². The normalized spacial score (nSPS) is 14.7. The van der Waals surface area contributed by atoms with Crippen LogP contribution in [0.25, 0.3) is 11.0 Å². The van der Waals surface area contributed by atoms with Crippen LogP contribution in [0.15, 0.2) is 54.7 Å². The van der Waals surface area contributed by atoms with Crippen molar-refractivity contribution in [3.8, 4) is 0 Å². The number of Topliss-reactive ketones (excluding diaryl/α,β-unsaturated/α-hetero) is 1. The lowest BCUT2D eigenvalue weighted by molar-refractivity contribution is -0.134. The Morgan fingerprint density at radius 1 is 1.00 bits per heavy atom. The minimum atomic E-state index is -1.06. The van der Waals surface area contributed by atoms with Gasteiger partial charge in [-0.25, -0.2) is 4.98 Å². The third kappa shape index (κ3) is 4.98. The van der Waals surface area contributed by atoms with E-state index in [0.717, 1.165) is 5.69 Å². The number of fused-ring (bicyclic) bond motifs is 1. The summed E-state index contributed by atoms with van der Waals surface area (Å²) in [5.41, 5.74) is 2.96. The van der Waals surface area contributed by atoms with Gasteiger partial charge in [-0.15, -0.1) is 0 Å². The number of piperazine rings is 1. The van der Waals surface area contributed by atoms with Crippen molar-refractivity contribution < 1.29 is 19.5 Å². The van der Waals surface area contributed by atoms with Gasteiger partial charge < -0.3 is 20.2 Å². The van der Waals surface area contributed by atoms with Crippen LogP contribution in [-0.4, -0.2) is 76.4 Å². The first-order valence-corrected chi connectivity index (χ1v) is 10.7. The maximum atomic E-state index is 12.9. The standard InChI is InChI=1S/C24H25N5O4/c1-16(31)17-6-8-18(9-7-17)28-10-12-29(13-11-28)24(33)22(15-30)27-23(32)21-14-25-19-4-2-3-5-20(19)26-21/h2-9,14,22,30H,10-13,15H2,1H3,(H,27,32). The van der Waals surface area contributed by atoms with Crippen LogP contribution >= 0.6 is 0 Å². The van der Waals surface area contributed by atoms with Crippen molar-refractivity contribution in [1.82, 2.24) is 20.2 Å². The molecule has 2 aromatic carbocycles. The summed E-state index contributed by atoms with van der Waals surface area (Å²) in [6.07, 6.45) is 1.35. The molecule has 9 nitrogen and oxygen atoms in total. The van der Waals surface area contributed by atoms with Gasteiger partial charge in [-0.3, -0.25) is 19.4 Å². The fraction of sp³-hybridized carbons (Fsp3) is 0.292. The second kappa shape index (κ2) is 9.74. The molecule has 1 unspecified atom stereocenters. The Morgan fingerprint density at radius 2 is 1.67 bits per heavy atom. The summed E-state index contributed by atoms with van der Waals surface area (Å²) in [5, 5.41) is 12.3. The molecular weight excluding hydrogens is 422 g/mol. The second-order valence-corrected chi connectivity index (χ2v) is 7.87. The first kappa shape index (κ1) is 22.3. The van der Waals surface area contributed by atoms with Crippen molar-refractivity contribution in [2.24, 2.45) is 0 Å². The number of aliphatic hydroxyl groups is 1. The number of aliphatic hydroxyl groups excluding tert-OH is 1. The summed E-state index contributed by atoms with van der Waals surface area (Å²) in [6.45, 7) is 3.13. The molecule has 0 bridgehead atoms. The number of anilines is 1. The number of nitrogens with zero attached hydrogens (tertiary/aromatic N) is 4. The summed E-state index contributed by atoms with van der Waals surface area (Å²) >= 11 is 0. The smallest absolute Gasteiger partial charge is 0.272 e. The Morgan fingerprint density at radius 3 is 2.30 bits per heavy atom. The topological polar surface area (TPSA) is 116 Å². The maximum absolute atomic E-state index is 12.9. The van der Waals surface area contributed by atoms with E-state index in [9.17, 15) is 19.5 Å². The third-order valence-corrected chi connectivity index (χ3v) is 5.70. The van der Waals surface area contributed by atoms with Crippen molar-refractivity contribution in [2.75, 3.05) is 37.7 Å². The van der Waals surface area contributed by atoms with Crippen LogP contribution in [0.2, 0.25) is 0 Å². The summed E-state index contributed by atoms with van der Waals surface area (Å²) in [7, 11) is 0. The number of hydrogen-bond donors (Lipinski definition) is 2. The number of carbonyl (C=O) groups excluding carboxylic acids is 3. The highest BCUT2D eigenvalue weighted by Gasteiger charge is 2.29. The van der Waals surface area contributed by atoms with E-state index < -0.39 is 18.6 Å². The molecule has 2 heterocycles. The van der Waals surface area contributed by atoms with Crippen LogP contribution in [-0.2, 0) is 4.79 Å². The van der Waals surface area contributed by atoms with Crippen LogP contribution in [0.1, 0.15) is 27.8 Å². The van der Waals surface area contributed by atoms with E-state index in [-0.39, 0.29) is 17.4 Å². The summed E-state index contributed by atoms with van der Waals surface area (Å²) < 4.78 is 0. The quantitative estimate of drug-likeness (QED) is 0.547. The lowest BCUT2D eigenvalue weighted by Crippen LogP contribution is -2.56. The van der Waals surface area contributed by atoms with Gasteiger partial charge in [-0.2, -0.15) is 0 Å². The largest absolute Gasteiger partial charge is 0.394 e. The Kier molecular flexibility index (Phi) is 6.60. The van der Waals surface area contributed by atoms with E-state index in [1.165, 1.54) is 13.1 Å². The van der Waals surface area contributed by atoms with Crippen LogP contribution in [0, 0.1) is 0 Å². The number of ketones is 1. The van der Waals surface area contributed by atoms with E-state index in [0.29, 0.717) is 42.8 Å². The van der Waals surface area contributed by atoms with Gasteiger partial charge >= 0.3 is 0 Å². The molecule has 170 valence electrons. The molecule has 1 aliphatic rings. The predicted octanol–water partition coefficient (Wildman–Crippen LogP) is 1.27. The maximum Gasteiger partial charge on any atom is 0.272 e. The first-order chi connectivity index (χ1) is 16.0.